The average Bonchev–Trinajstić information content (AvgIpc) is 2.44. The summed E-state index contributed by atoms with van der Waals surface area (Å²) < 4.78 is 10.00. The molecule has 0 aliphatic rings. The Bertz CT molecular complexity index is 393. The molecule has 1 aromatic rings. The Balaban J connectivity index is 2.12. The van der Waals surface area contributed by atoms with Gasteiger partial charge < -0.3 is 14.8 Å². The molecule has 0 spiro atoms. The number of carbonyl (C=O) groups is 1. The molecule has 0 heterocycles. The van der Waals surface area contributed by atoms with Crippen molar-refractivity contribution < 1.29 is 14.3 Å². The summed E-state index contributed by atoms with van der Waals surface area (Å²) in [6.07, 6.45) is 3.50. The maximum Gasteiger partial charge on any atom is 0.305 e. The molecule has 0 radical (unpaired) electrons. The fourth-order valence-electron chi connectivity index (χ4n) is 1.97. The molecule has 0 aromatic heterocycles. The van der Waals surface area contributed by atoms with E-state index >= 15 is 0 Å². The molecule has 0 aliphatic carbocycles. The molecule has 0 amide bonds. The van der Waals surface area contributed by atoms with Crippen LogP contribution in [-0.2, 0) is 20.9 Å². The molecule has 4 nitrogen and oxygen atoms in total. The Labute approximate surface area is 121 Å². The van der Waals surface area contributed by atoms with Gasteiger partial charge in [0.2, 0.25) is 0 Å². The number of hydrogen-bond donors (Lipinski definition) is 1. The maximum absolute atomic E-state index is 11.1. The van der Waals surface area contributed by atoms with Crippen LogP contribution in [0.4, 0.5) is 5.69 Å². The lowest BCUT2D eigenvalue weighted by molar-refractivity contribution is -0.143. The van der Waals surface area contributed by atoms with Crippen molar-refractivity contribution in [1.82, 2.24) is 0 Å². The lowest BCUT2D eigenvalue weighted by atomic mass is 10.2. The van der Waals surface area contributed by atoms with E-state index in [1.54, 1.807) is 7.11 Å². The third-order valence-corrected chi connectivity index (χ3v) is 2.93. The van der Waals surface area contributed by atoms with Gasteiger partial charge in [0.25, 0.3) is 0 Å². The summed E-state index contributed by atoms with van der Waals surface area (Å²) in [6.45, 7) is 3.85. The number of unbranched alkanes of at least 4 members (excludes halogenated alkanes) is 2. The van der Waals surface area contributed by atoms with Crippen LogP contribution in [0.5, 0.6) is 0 Å². The number of rotatable bonds is 10. The number of hydrogen-bond acceptors (Lipinski definition) is 4. The minimum absolute atomic E-state index is 0.0901. The molecule has 4 heteroatoms. The second-order valence-corrected chi connectivity index (χ2v) is 4.68. The van der Waals surface area contributed by atoms with Crippen molar-refractivity contribution in [3.63, 3.8) is 0 Å². The first-order valence-electron chi connectivity index (χ1n) is 7.23. The van der Waals surface area contributed by atoms with Crippen LogP contribution in [0.2, 0.25) is 0 Å². The van der Waals surface area contributed by atoms with Crippen LogP contribution in [0.15, 0.2) is 24.3 Å². The predicted molar refractivity (Wildman–Crippen MR) is 80.7 cm³/mol. The monoisotopic (exact) mass is 279 g/mol. The zero-order chi connectivity index (χ0) is 14.6. The molecule has 0 bridgehead atoms. The number of ether oxygens (including phenoxy) is 2. The molecule has 0 atom stereocenters. The minimum Gasteiger partial charge on any atom is -0.466 e. The van der Waals surface area contributed by atoms with Crippen LogP contribution < -0.4 is 5.32 Å². The quantitative estimate of drug-likeness (QED) is 0.527. The minimum atomic E-state index is -0.0901. The third kappa shape index (κ3) is 7.14. The SMILES string of the molecule is CCOC(=O)CCCCCNc1cccc(COC)c1. The third-order valence-electron chi connectivity index (χ3n) is 2.93. The second-order valence-electron chi connectivity index (χ2n) is 4.68. The Morgan fingerprint density at radius 3 is 2.85 bits per heavy atom. The van der Waals surface area contributed by atoms with Gasteiger partial charge in [0.15, 0.2) is 0 Å². The van der Waals surface area contributed by atoms with E-state index in [0.717, 1.165) is 31.5 Å². The largest absolute Gasteiger partial charge is 0.466 e. The highest BCUT2D eigenvalue weighted by Gasteiger charge is 2.00. The highest BCUT2D eigenvalue weighted by Crippen LogP contribution is 2.12. The number of esters is 1. The summed E-state index contributed by atoms with van der Waals surface area (Å²) >= 11 is 0. The molecule has 20 heavy (non-hydrogen) atoms. The Morgan fingerprint density at radius 1 is 1.25 bits per heavy atom. The molecule has 0 saturated carbocycles. The lowest BCUT2D eigenvalue weighted by Crippen LogP contribution is -2.05. The number of methoxy groups -OCH3 is 1. The molecule has 0 saturated heterocycles. The van der Waals surface area contributed by atoms with Gasteiger partial charge in [-0.05, 0) is 37.5 Å². The number of anilines is 1. The summed E-state index contributed by atoms with van der Waals surface area (Å²) in [6, 6.07) is 8.23. The van der Waals surface area contributed by atoms with E-state index in [4.69, 9.17) is 9.47 Å². The van der Waals surface area contributed by atoms with Crippen LogP contribution >= 0.6 is 0 Å². The fraction of sp³-hybridized carbons (Fsp3) is 0.562. The van der Waals surface area contributed by atoms with E-state index in [1.165, 1.54) is 5.56 Å². The summed E-state index contributed by atoms with van der Waals surface area (Å²) in [5.41, 5.74) is 2.28. The molecular formula is C16H25NO3. The van der Waals surface area contributed by atoms with Gasteiger partial charge in [0.05, 0.1) is 13.2 Å². The van der Waals surface area contributed by atoms with Crippen LogP contribution in [0, 0.1) is 0 Å². The van der Waals surface area contributed by atoms with Crippen molar-refractivity contribution in [2.24, 2.45) is 0 Å². The van der Waals surface area contributed by atoms with Crippen molar-refractivity contribution in [3.8, 4) is 0 Å². The standard InChI is InChI=1S/C16H25NO3/c1-3-20-16(18)10-5-4-6-11-17-15-9-7-8-14(12-15)13-19-2/h7-9,12,17H,3-6,10-11,13H2,1-2H3. The van der Waals surface area contributed by atoms with E-state index in [0.29, 0.717) is 19.6 Å². The molecule has 1 rings (SSSR count). The average molecular weight is 279 g/mol. The topological polar surface area (TPSA) is 47.6 Å². The Hall–Kier alpha value is -1.55. The first-order valence-corrected chi connectivity index (χ1v) is 7.23. The number of nitrogens with one attached hydrogen (secondary N) is 1. The predicted octanol–water partition coefficient (Wildman–Crippen LogP) is 3.37. The Kier molecular flexibility index (Phi) is 8.47. The van der Waals surface area contributed by atoms with E-state index in [9.17, 15) is 4.79 Å². The summed E-state index contributed by atoms with van der Waals surface area (Å²) in [4.78, 5) is 11.1. The highest BCUT2D eigenvalue weighted by atomic mass is 16.5. The summed E-state index contributed by atoms with van der Waals surface area (Å²) in [5, 5.41) is 3.39. The van der Waals surface area contributed by atoms with E-state index in [-0.39, 0.29) is 5.97 Å². The molecule has 0 unspecified atom stereocenters. The van der Waals surface area contributed by atoms with Crippen molar-refractivity contribution in [2.45, 2.75) is 39.2 Å². The molecule has 112 valence electrons. The first-order chi connectivity index (χ1) is 9.76. The van der Waals surface area contributed by atoms with Gasteiger partial charge in [0.1, 0.15) is 0 Å². The fourth-order valence-corrected chi connectivity index (χ4v) is 1.97. The van der Waals surface area contributed by atoms with Gasteiger partial charge in [-0.3, -0.25) is 4.79 Å². The number of benzene rings is 1. The van der Waals surface area contributed by atoms with Gasteiger partial charge in [-0.2, -0.15) is 0 Å². The molecule has 0 fully saturated rings. The summed E-state index contributed by atoms with van der Waals surface area (Å²) in [7, 11) is 1.70. The molecular weight excluding hydrogens is 254 g/mol. The van der Waals surface area contributed by atoms with Crippen LogP contribution in [-0.4, -0.2) is 26.2 Å². The van der Waals surface area contributed by atoms with Gasteiger partial charge in [-0.15, -0.1) is 0 Å². The van der Waals surface area contributed by atoms with Crippen LogP contribution in [0.3, 0.4) is 0 Å². The first kappa shape index (κ1) is 16.5. The van der Waals surface area contributed by atoms with Gasteiger partial charge in [-0.1, -0.05) is 18.6 Å². The zero-order valence-corrected chi connectivity index (χ0v) is 12.5. The van der Waals surface area contributed by atoms with Crippen molar-refractivity contribution in [2.75, 3.05) is 25.6 Å². The zero-order valence-electron chi connectivity index (χ0n) is 12.5. The van der Waals surface area contributed by atoms with Gasteiger partial charge in [0, 0.05) is 25.8 Å². The van der Waals surface area contributed by atoms with E-state index in [1.807, 2.05) is 19.1 Å². The van der Waals surface area contributed by atoms with Crippen LogP contribution in [0.1, 0.15) is 38.2 Å². The second kappa shape index (κ2) is 10.3. The number of carbonyl (C=O) groups excluding carboxylic acids is 1. The summed E-state index contributed by atoms with van der Waals surface area (Å²) in [5.74, 6) is -0.0901. The van der Waals surface area contributed by atoms with E-state index in [2.05, 4.69) is 17.4 Å². The van der Waals surface area contributed by atoms with Crippen molar-refractivity contribution >= 4 is 11.7 Å². The Morgan fingerprint density at radius 2 is 2.10 bits per heavy atom. The molecule has 0 aliphatic heterocycles. The normalized spacial score (nSPS) is 10.3. The van der Waals surface area contributed by atoms with Gasteiger partial charge in [-0.25, -0.2) is 0 Å². The van der Waals surface area contributed by atoms with Gasteiger partial charge >= 0.3 is 5.97 Å². The molecule has 1 aromatic carbocycles. The lowest BCUT2D eigenvalue weighted by Gasteiger charge is -2.08. The van der Waals surface area contributed by atoms with Crippen molar-refractivity contribution in [3.05, 3.63) is 29.8 Å². The molecule has 1 N–H and O–H groups in total. The van der Waals surface area contributed by atoms with E-state index < -0.39 is 0 Å². The van der Waals surface area contributed by atoms with Crippen molar-refractivity contribution in [1.29, 1.82) is 0 Å². The maximum atomic E-state index is 11.1. The van der Waals surface area contributed by atoms with Crippen LogP contribution in [0.25, 0.3) is 0 Å². The smallest absolute Gasteiger partial charge is 0.305 e. The highest BCUT2D eigenvalue weighted by molar-refractivity contribution is 5.69.